The molecule has 1 aromatic heterocycles. The molecule has 0 spiro atoms. The molecule has 112 valence electrons. The molecule has 0 saturated carbocycles. The van der Waals surface area contributed by atoms with Crippen LogP contribution in [-0.4, -0.2) is 49.3 Å². The van der Waals surface area contributed by atoms with Crippen molar-refractivity contribution in [1.82, 2.24) is 15.2 Å². The summed E-state index contributed by atoms with van der Waals surface area (Å²) >= 11 is 0. The maximum atomic E-state index is 11.1. The predicted octanol–water partition coefficient (Wildman–Crippen LogP) is 1.92. The number of alkyl carbamates (subject to hydrolysis) is 1. The molecule has 1 amide bonds. The molecular formula is C16H21N3O2. The lowest BCUT2D eigenvalue weighted by atomic mass is 10.0. The molecule has 1 fully saturated rings. The van der Waals surface area contributed by atoms with Crippen LogP contribution in [0.2, 0.25) is 0 Å². The number of hydrogen-bond donors (Lipinski definition) is 2. The van der Waals surface area contributed by atoms with Gasteiger partial charge >= 0.3 is 6.09 Å². The van der Waals surface area contributed by atoms with Crippen LogP contribution in [0.4, 0.5) is 4.79 Å². The number of cyclic esters (lactones) is 1. The minimum atomic E-state index is -1.64. The van der Waals surface area contributed by atoms with E-state index in [0.717, 1.165) is 16.5 Å². The molecule has 1 saturated heterocycles. The Bertz CT molecular complexity index is 773. The monoisotopic (exact) mass is 290 g/mol. The van der Waals surface area contributed by atoms with Crippen molar-refractivity contribution in [2.45, 2.75) is 18.8 Å². The second kappa shape index (κ2) is 5.77. The van der Waals surface area contributed by atoms with E-state index in [1.54, 1.807) is 4.90 Å². The first-order chi connectivity index (χ1) is 11.3. The third-order valence-corrected chi connectivity index (χ3v) is 3.47. The fourth-order valence-corrected chi connectivity index (χ4v) is 2.43. The zero-order valence-electron chi connectivity index (χ0n) is 15.2. The van der Waals surface area contributed by atoms with Crippen LogP contribution in [0.3, 0.4) is 0 Å². The van der Waals surface area contributed by atoms with Crippen molar-refractivity contribution in [3.05, 3.63) is 35.5 Å². The Hall–Kier alpha value is -2.01. The van der Waals surface area contributed by atoms with Gasteiger partial charge in [-0.15, -0.1) is 0 Å². The van der Waals surface area contributed by atoms with Crippen LogP contribution >= 0.6 is 0 Å². The molecule has 0 unspecified atom stereocenters. The molecule has 1 aliphatic heterocycles. The number of carbonyl (C=O) groups is 1. The number of amides is 1. The zero-order valence-corrected chi connectivity index (χ0v) is 12.2. The van der Waals surface area contributed by atoms with Gasteiger partial charge < -0.3 is 19.9 Å². The molecular weight excluding hydrogens is 266 g/mol. The lowest BCUT2D eigenvalue weighted by Gasteiger charge is -2.09. The van der Waals surface area contributed by atoms with E-state index in [2.05, 4.69) is 10.3 Å². The van der Waals surface area contributed by atoms with Gasteiger partial charge in [-0.2, -0.15) is 0 Å². The second-order valence-electron chi connectivity index (χ2n) is 5.56. The summed E-state index contributed by atoms with van der Waals surface area (Å²) in [5.41, 5.74) is 2.09. The van der Waals surface area contributed by atoms with Gasteiger partial charge in [0.15, 0.2) is 0 Å². The summed E-state index contributed by atoms with van der Waals surface area (Å²) in [5, 5.41) is 3.46. The second-order valence-corrected chi connectivity index (χ2v) is 5.56. The number of benzene rings is 1. The van der Waals surface area contributed by atoms with Crippen LogP contribution in [-0.2, 0) is 17.5 Å². The van der Waals surface area contributed by atoms with Gasteiger partial charge in [-0.1, -0.05) is 6.07 Å². The molecule has 0 aliphatic carbocycles. The van der Waals surface area contributed by atoms with Crippen LogP contribution < -0.4 is 5.32 Å². The molecule has 0 radical (unpaired) electrons. The first kappa shape index (κ1) is 10.7. The van der Waals surface area contributed by atoms with Crippen LogP contribution in [0.1, 0.15) is 15.2 Å². The van der Waals surface area contributed by atoms with E-state index in [-0.39, 0.29) is 18.8 Å². The van der Waals surface area contributed by atoms with E-state index in [1.807, 2.05) is 32.3 Å². The number of rotatable bonds is 5. The number of H-pyrrole nitrogens is 1. The molecule has 3 rings (SSSR count). The summed E-state index contributed by atoms with van der Waals surface area (Å²) in [6, 6.07) is 5.60. The molecule has 2 heterocycles. The summed E-state index contributed by atoms with van der Waals surface area (Å²) in [5.74, 6) is 0. The highest BCUT2D eigenvalue weighted by molar-refractivity contribution is 5.84. The van der Waals surface area contributed by atoms with Gasteiger partial charge in [0.2, 0.25) is 0 Å². The van der Waals surface area contributed by atoms with Crippen molar-refractivity contribution in [3.63, 3.8) is 0 Å². The molecule has 5 heteroatoms. The fourth-order valence-electron chi connectivity index (χ4n) is 2.43. The molecule has 1 aliphatic rings. The van der Waals surface area contributed by atoms with E-state index >= 15 is 0 Å². The molecule has 1 atom stereocenters. The number of fused-ring (bicyclic) bond motifs is 1. The number of ether oxygens (including phenoxy) is 1. The van der Waals surface area contributed by atoms with Gasteiger partial charge in [-0.25, -0.2) is 4.79 Å². The fraction of sp³-hybridized carbons (Fsp3) is 0.438. The average molecular weight is 290 g/mol. The standard InChI is InChI=1S/C16H21N3O2/c1-19(2)6-5-12-9-17-15-4-3-11(8-14(12)15)7-13-10-21-16(20)18-13/h3-4,8-9,13,17H,5-7,10H2,1-2H3,(H,18,20)/t13-/m0/s1/i5D2,9D. The number of nitrogens with one attached hydrogen (secondary N) is 2. The molecule has 21 heavy (non-hydrogen) atoms. The summed E-state index contributed by atoms with van der Waals surface area (Å²) in [4.78, 5) is 15.8. The average Bonchev–Trinajstić information content (AvgIpc) is 2.99. The van der Waals surface area contributed by atoms with Crippen molar-refractivity contribution in [2.75, 3.05) is 27.2 Å². The Morgan fingerprint density at radius 1 is 1.52 bits per heavy atom. The maximum absolute atomic E-state index is 11.1. The number of hydrogen-bond acceptors (Lipinski definition) is 3. The minimum Gasteiger partial charge on any atom is -0.447 e. The van der Waals surface area contributed by atoms with Crippen molar-refractivity contribution in [3.8, 4) is 0 Å². The quantitative estimate of drug-likeness (QED) is 0.884. The third kappa shape index (κ3) is 3.19. The molecule has 0 bridgehead atoms. The highest BCUT2D eigenvalue weighted by Gasteiger charge is 2.22. The van der Waals surface area contributed by atoms with Gasteiger partial charge in [0, 0.05) is 26.4 Å². The first-order valence-corrected chi connectivity index (χ1v) is 6.96. The lowest BCUT2D eigenvalue weighted by Crippen LogP contribution is -2.28. The molecule has 5 nitrogen and oxygen atoms in total. The summed E-state index contributed by atoms with van der Waals surface area (Å²) < 4.78 is 29.8. The van der Waals surface area contributed by atoms with Crippen molar-refractivity contribution in [2.24, 2.45) is 0 Å². The van der Waals surface area contributed by atoms with E-state index in [9.17, 15) is 4.79 Å². The Kier molecular flexibility index (Phi) is 2.94. The molecule has 1 aromatic carbocycles. The Labute approximate surface area is 128 Å². The van der Waals surface area contributed by atoms with Crippen LogP contribution in [0.5, 0.6) is 0 Å². The number of nitrogens with zero attached hydrogens (tertiary/aromatic N) is 1. The number of carbonyl (C=O) groups excluding carboxylic acids is 1. The SMILES string of the molecule is [2H]c1[nH]c2ccc(C[C@H]3COC(=O)N3)cc2c1C([2H])([2H])CN(C)C. The highest BCUT2D eigenvalue weighted by atomic mass is 16.6. The van der Waals surface area contributed by atoms with E-state index < -0.39 is 12.5 Å². The summed E-state index contributed by atoms with van der Waals surface area (Å²) in [7, 11) is 3.62. The van der Waals surface area contributed by atoms with Gasteiger partial charge in [-0.3, -0.25) is 0 Å². The van der Waals surface area contributed by atoms with Crippen LogP contribution in [0.15, 0.2) is 24.4 Å². The van der Waals surface area contributed by atoms with Crippen LogP contribution in [0, 0.1) is 0 Å². The van der Waals surface area contributed by atoms with E-state index in [0.29, 0.717) is 18.6 Å². The maximum Gasteiger partial charge on any atom is 0.407 e. The minimum absolute atomic E-state index is 0.0775. The van der Waals surface area contributed by atoms with E-state index in [4.69, 9.17) is 8.85 Å². The first-order valence-electron chi connectivity index (χ1n) is 8.46. The lowest BCUT2D eigenvalue weighted by molar-refractivity contribution is 0.177. The highest BCUT2D eigenvalue weighted by Crippen LogP contribution is 2.21. The smallest absolute Gasteiger partial charge is 0.407 e. The molecule has 2 N–H and O–H groups in total. The predicted molar refractivity (Wildman–Crippen MR) is 82.5 cm³/mol. The number of likely N-dealkylation sites (N-methyl/N-ethyl adjacent to an activating group) is 1. The number of aromatic nitrogens is 1. The van der Waals surface area contributed by atoms with Gasteiger partial charge in [-0.05, 0) is 50.1 Å². The van der Waals surface area contributed by atoms with Gasteiger partial charge in [0.1, 0.15) is 6.61 Å². The number of aromatic amines is 1. The van der Waals surface area contributed by atoms with Gasteiger partial charge in [0.25, 0.3) is 0 Å². The van der Waals surface area contributed by atoms with Crippen LogP contribution in [0.25, 0.3) is 10.9 Å². The normalized spacial score (nSPS) is 21.0. The van der Waals surface area contributed by atoms with Crippen molar-refractivity contribution < 1.29 is 13.6 Å². The Morgan fingerprint density at radius 3 is 3.10 bits per heavy atom. The summed E-state index contributed by atoms with van der Waals surface area (Å²) in [6.07, 6.45) is -1.33. The topological polar surface area (TPSA) is 57.4 Å². The zero-order chi connectivity index (χ0) is 17.5. The van der Waals surface area contributed by atoms with Crippen molar-refractivity contribution in [1.29, 1.82) is 0 Å². The van der Waals surface area contributed by atoms with Gasteiger partial charge in [0.05, 0.1) is 7.41 Å². The van der Waals surface area contributed by atoms with Crippen molar-refractivity contribution >= 4 is 17.0 Å². The van der Waals surface area contributed by atoms with E-state index in [1.165, 1.54) is 0 Å². The third-order valence-electron chi connectivity index (χ3n) is 3.47. The largest absolute Gasteiger partial charge is 0.447 e. The Morgan fingerprint density at radius 2 is 2.38 bits per heavy atom. The molecule has 2 aromatic rings. The summed E-state index contributed by atoms with van der Waals surface area (Å²) in [6.45, 7) is 0.532. The Balaban J connectivity index is 1.96.